The Labute approximate surface area is 189 Å². The summed E-state index contributed by atoms with van der Waals surface area (Å²) >= 11 is 5.85. The molecule has 0 aliphatic rings. The summed E-state index contributed by atoms with van der Waals surface area (Å²) < 4.78 is 15.4. The van der Waals surface area contributed by atoms with Gasteiger partial charge in [-0.2, -0.15) is 0 Å². The predicted octanol–water partition coefficient (Wildman–Crippen LogP) is 5.04. The van der Waals surface area contributed by atoms with E-state index in [1.165, 1.54) is 32.4 Å². The molecule has 32 heavy (non-hydrogen) atoms. The van der Waals surface area contributed by atoms with Crippen LogP contribution in [0, 0.1) is 0 Å². The van der Waals surface area contributed by atoms with Crippen LogP contribution in [0.4, 0.5) is 5.69 Å². The molecule has 0 unspecified atom stereocenters. The van der Waals surface area contributed by atoms with Gasteiger partial charge in [-0.15, -0.1) is 11.6 Å². The molecule has 0 saturated heterocycles. The van der Waals surface area contributed by atoms with Gasteiger partial charge in [0.15, 0.2) is 5.75 Å². The number of halogens is 1. The number of rotatable bonds is 7. The summed E-state index contributed by atoms with van der Waals surface area (Å²) in [5.41, 5.74) is 1.74. The highest BCUT2D eigenvalue weighted by Gasteiger charge is 2.20. The lowest BCUT2D eigenvalue weighted by molar-refractivity contribution is 0.0555. The molecule has 0 aliphatic carbocycles. The number of hydrogen-bond acceptors (Lipinski definition) is 6. The summed E-state index contributed by atoms with van der Waals surface area (Å²) in [5, 5.41) is 2.81. The molecular weight excluding hydrogens is 434 g/mol. The highest BCUT2D eigenvalue weighted by atomic mass is 35.5. The third-order valence-electron chi connectivity index (χ3n) is 4.51. The van der Waals surface area contributed by atoms with Crippen molar-refractivity contribution in [3.8, 4) is 11.5 Å². The molecule has 0 bridgehead atoms. The van der Waals surface area contributed by atoms with Crippen LogP contribution in [0.2, 0.25) is 0 Å². The van der Waals surface area contributed by atoms with E-state index in [1.807, 2.05) is 6.07 Å². The van der Waals surface area contributed by atoms with Crippen molar-refractivity contribution in [3.05, 3.63) is 89.0 Å². The summed E-state index contributed by atoms with van der Waals surface area (Å²) in [5.74, 6) is -0.810. The van der Waals surface area contributed by atoms with E-state index >= 15 is 0 Å². The average Bonchev–Trinajstić information content (AvgIpc) is 2.84. The van der Waals surface area contributed by atoms with E-state index in [9.17, 15) is 14.4 Å². The molecule has 0 aliphatic heterocycles. The Hall–Kier alpha value is -3.84. The van der Waals surface area contributed by atoms with Crippen LogP contribution >= 0.6 is 11.6 Å². The van der Waals surface area contributed by atoms with Gasteiger partial charge < -0.3 is 19.5 Å². The molecule has 3 aromatic rings. The van der Waals surface area contributed by atoms with Crippen molar-refractivity contribution in [3.63, 3.8) is 0 Å². The van der Waals surface area contributed by atoms with Crippen molar-refractivity contribution in [2.75, 3.05) is 19.5 Å². The first kappa shape index (κ1) is 22.8. The topological polar surface area (TPSA) is 90.9 Å². The maximum absolute atomic E-state index is 12.7. The summed E-state index contributed by atoms with van der Waals surface area (Å²) in [6.45, 7) is 0. The van der Waals surface area contributed by atoms with E-state index < -0.39 is 11.9 Å². The third kappa shape index (κ3) is 5.25. The molecule has 0 atom stereocenters. The van der Waals surface area contributed by atoms with Crippen molar-refractivity contribution >= 4 is 35.1 Å². The fourth-order valence-corrected chi connectivity index (χ4v) is 3.10. The van der Waals surface area contributed by atoms with E-state index in [4.69, 9.17) is 25.8 Å². The number of alkyl halides is 1. The van der Waals surface area contributed by atoms with Gasteiger partial charge >= 0.3 is 11.9 Å². The van der Waals surface area contributed by atoms with Gasteiger partial charge in [0.2, 0.25) is 0 Å². The van der Waals surface area contributed by atoms with Crippen LogP contribution in [0.5, 0.6) is 11.5 Å². The van der Waals surface area contributed by atoms with E-state index in [-0.39, 0.29) is 22.8 Å². The number of para-hydroxylation sites is 2. The van der Waals surface area contributed by atoms with Crippen molar-refractivity contribution in [1.82, 2.24) is 0 Å². The maximum atomic E-state index is 12.7. The molecule has 0 saturated carbocycles. The first-order chi connectivity index (χ1) is 15.5. The fourth-order valence-electron chi connectivity index (χ4n) is 2.93. The molecule has 0 fully saturated rings. The van der Waals surface area contributed by atoms with Gasteiger partial charge in [0.25, 0.3) is 5.91 Å². The molecule has 1 N–H and O–H groups in total. The number of esters is 2. The van der Waals surface area contributed by atoms with Gasteiger partial charge in [-0.3, -0.25) is 4.79 Å². The zero-order valence-corrected chi connectivity index (χ0v) is 18.1. The van der Waals surface area contributed by atoms with E-state index in [0.717, 1.165) is 5.56 Å². The molecule has 164 valence electrons. The largest absolute Gasteiger partial charge is 0.465 e. The van der Waals surface area contributed by atoms with E-state index in [2.05, 4.69) is 5.32 Å². The SMILES string of the molecule is COC(=O)c1ccc(Oc2ccccc2NC(=O)c2cccc(CCl)c2)cc1C(=O)OC. The zero-order valence-electron chi connectivity index (χ0n) is 17.4. The Bertz CT molecular complexity index is 1160. The van der Waals surface area contributed by atoms with Gasteiger partial charge in [0, 0.05) is 11.4 Å². The molecule has 3 rings (SSSR count). The van der Waals surface area contributed by atoms with Gasteiger partial charge in [-0.25, -0.2) is 9.59 Å². The summed E-state index contributed by atoms with van der Waals surface area (Å²) in [6, 6.07) is 18.1. The average molecular weight is 454 g/mol. The zero-order chi connectivity index (χ0) is 23.1. The van der Waals surface area contributed by atoms with E-state index in [0.29, 0.717) is 22.9 Å². The number of hydrogen-bond donors (Lipinski definition) is 1. The number of methoxy groups -OCH3 is 2. The van der Waals surface area contributed by atoms with Crippen LogP contribution in [0.25, 0.3) is 0 Å². The van der Waals surface area contributed by atoms with Crippen LogP contribution < -0.4 is 10.1 Å². The Kier molecular flexibility index (Phi) is 7.46. The van der Waals surface area contributed by atoms with Crippen molar-refractivity contribution in [1.29, 1.82) is 0 Å². The minimum atomic E-state index is -0.711. The highest BCUT2D eigenvalue weighted by molar-refractivity contribution is 6.17. The summed E-state index contributed by atoms with van der Waals surface area (Å²) in [4.78, 5) is 36.8. The number of carbonyl (C=O) groups excluding carboxylic acids is 3. The highest BCUT2D eigenvalue weighted by Crippen LogP contribution is 2.31. The molecule has 1 amide bonds. The Morgan fingerprint density at radius 2 is 1.56 bits per heavy atom. The smallest absolute Gasteiger partial charge is 0.338 e. The first-order valence-corrected chi connectivity index (χ1v) is 10.0. The third-order valence-corrected chi connectivity index (χ3v) is 4.82. The molecule has 7 nitrogen and oxygen atoms in total. The fraction of sp³-hybridized carbons (Fsp3) is 0.125. The second-order valence-corrected chi connectivity index (χ2v) is 6.84. The number of benzene rings is 3. The predicted molar refractivity (Wildman–Crippen MR) is 120 cm³/mol. The number of amides is 1. The van der Waals surface area contributed by atoms with Crippen LogP contribution in [-0.4, -0.2) is 32.1 Å². The monoisotopic (exact) mass is 453 g/mol. The molecular formula is C24H20ClNO6. The number of anilines is 1. The lowest BCUT2D eigenvalue weighted by Crippen LogP contribution is -2.13. The Morgan fingerprint density at radius 1 is 0.844 bits per heavy atom. The van der Waals surface area contributed by atoms with Crippen molar-refractivity contribution in [2.45, 2.75) is 5.88 Å². The van der Waals surface area contributed by atoms with E-state index in [1.54, 1.807) is 42.5 Å². The second kappa shape index (κ2) is 10.5. The van der Waals surface area contributed by atoms with Gasteiger partial charge in [0.1, 0.15) is 5.75 Å². The Balaban J connectivity index is 1.88. The lowest BCUT2D eigenvalue weighted by Gasteiger charge is -2.14. The number of nitrogens with one attached hydrogen (secondary N) is 1. The minimum absolute atomic E-state index is 0.00347. The van der Waals surface area contributed by atoms with Crippen LogP contribution in [0.1, 0.15) is 36.6 Å². The van der Waals surface area contributed by atoms with Crippen LogP contribution in [-0.2, 0) is 15.4 Å². The molecule has 0 aromatic heterocycles. The summed E-state index contributed by atoms with van der Waals surface area (Å²) in [7, 11) is 2.43. The Morgan fingerprint density at radius 3 is 2.28 bits per heavy atom. The standard InChI is InChI=1S/C24H20ClNO6/c1-30-23(28)18-11-10-17(13-19(18)24(29)31-2)32-21-9-4-3-8-20(21)26-22(27)16-7-5-6-15(12-16)14-25/h3-13H,14H2,1-2H3,(H,26,27). The molecule has 0 heterocycles. The van der Waals surface area contributed by atoms with Crippen LogP contribution in [0.15, 0.2) is 66.7 Å². The molecule has 0 radical (unpaired) electrons. The van der Waals surface area contributed by atoms with Gasteiger partial charge in [0.05, 0.1) is 31.0 Å². The quantitative estimate of drug-likeness (QED) is 0.398. The maximum Gasteiger partial charge on any atom is 0.338 e. The first-order valence-electron chi connectivity index (χ1n) is 9.50. The molecule has 8 heteroatoms. The molecule has 3 aromatic carbocycles. The minimum Gasteiger partial charge on any atom is -0.465 e. The van der Waals surface area contributed by atoms with Crippen LogP contribution in [0.3, 0.4) is 0 Å². The normalized spacial score (nSPS) is 10.2. The molecule has 0 spiro atoms. The second-order valence-electron chi connectivity index (χ2n) is 6.58. The lowest BCUT2D eigenvalue weighted by atomic mass is 10.1. The number of carbonyl (C=O) groups is 3. The van der Waals surface area contributed by atoms with Gasteiger partial charge in [-0.1, -0.05) is 24.3 Å². The number of ether oxygens (including phenoxy) is 3. The summed E-state index contributed by atoms with van der Waals surface area (Å²) in [6.07, 6.45) is 0. The van der Waals surface area contributed by atoms with Gasteiger partial charge in [-0.05, 0) is 48.0 Å². The van der Waals surface area contributed by atoms with Crippen molar-refractivity contribution < 1.29 is 28.6 Å². The van der Waals surface area contributed by atoms with Crippen molar-refractivity contribution in [2.24, 2.45) is 0 Å².